The fourth-order valence-corrected chi connectivity index (χ4v) is 2.74. The van der Waals surface area contributed by atoms with Gasteiger partial charge in [-0.3, -0.25) is 14.9 Å². The van der Waals surface area contributed by atoms with Crippen molar-refractivity contribution in [2.45, 2.75) is 19.0 Å². The van der Waals surface area contributed by atoms with Gasteiger partial charge in [-0.2, -0.15) is 0 Å². The molecule has 1 atom stereocenters. The molecule has 0 saturated carbocycles. The Bertz CT molecular complexity index is 764. The number of nitrogens with one attached hydrogen (secondary N) is 1. The highest BCUT2D eigenvalue weighted by Crippen LogP contribution is 2.20. The molecule has 0 spiro atoms. The lowest BCUT2D eigenvalue weighted by Crippen LogP contribution is -2.40. The molecule has 0 bridgehead atoms. The van der Waals surface area contributed by atoms with Crippen LogP contribution in [-0.4, -0.2) is 51.0 Å². The summed E-state index contributed by atoms with van der Waals surface area (Å²) < 4.78 is 0. The zero-order valence-electron chi connectivity index (χ0n) is 12.4. The van der Waals surface area contributed by atoms with Crippen molar-refractivity contribution in [1.29, 1.82) is 0 Å². The van der Waals surface area contributed by atoms with Crippen LogP contribution in [0.3, 0.4) is 0 Å². The number of amides is 1. The van der Waals surface area contributed by atoms with Gasteiger partial charge in [0.15, 0.2) is 0 Å². The summed E-state index contributed by atoms with van der Waals surface area (Å²) in [6, 6.07) is 5.21. The van der Waals surface area contributed by atoms with Gasteiger partial charge in [0.05, 0.1) is 18.1 Å². The van der Waals surface area contributed by atoms with Gasteiger partial charge in [-0.15, -0.1) is 0 Å². The summed E-state index contributed by atoms with van der Waals surface area (Å²) in [4.78, 5) is 32.7. The van der Waals surface area contributed by atoms with Crippen molar-refractivity contribution >= 4 is 28.6 Å². The molecule has 23 heavy (non-hydrogen) atoms. The highest BCUT2D eigenvalue weighted by Gasteiger charge is 2.31. The molecule has 2 heterocycles. The van der Waals surface area contributed by atoms with Crippen LogP contribution >= 0.6 is 0 Å². The number of nitrogens with two attached hydrogens (primary N) is 1. The number of aromatic nitrogens is 2. The van der Waals surface area contributed by atoms with Gasteiger partial charge >= 0.3 is 5.97 Å². The molecular weight excluding hydrogens is 298 g/mol. The van der Waals surface area contributed by atoms with Gasteiger partial charge in [0.25, 0.3) is 0 Å². The molecule has 120 valence electrons. The number of rotatable bonds is 5. The molecule has 8 heteroatoms. The number of carbonyl (C=O) groups excluding carboxylic acids is 1. The smallest absolute Gasteiger partial charge is 0.317 e. The quantitative estimate of drug-likeness (QED) is 0.709. The van der Waals surface area contributed by atoms with Crippen LogP contribution in [0.4, 0.5) is 5.82 Å². The van der Waals surface area contributed by atoms with E-state index in [0.29, 0.717) is 25.3 Å². The van der Waals surface area contributed by atoms with Crippen molar-refractivity contribution in [2.24, 2.45) is 0 Å². The number of carboxylic acids is 1. The van der Waals surface area contributed by atoms with Gasteiger partial charge < -0.3 is 15.7 Å². The van der Waals surface area contributed by atoms with E-state index in [1.54, 1.807) is 4.90 Å². The predicted octanol–water partition coefficient (Wildman–Crippen LogP) is -0.0129. The number of likely N-dealkylation sites (tertiary alicyclic amines) is 1. The first-order valence-electron chi connectivity index (χ1n) is 7.27. The average molecular weight is 315 g/mol. The summed E-state index contributed by atoms with van der Waals surface area (Å²) in [6.45, 7) is 0.848. The van der Waals surface area contributed by atoms with Crippen LogP contribution in [0.1, 0.15) is 12.0 Å². The first-order chi connectivity index (χ1) is 11.0. The van der Waals surface area contributed by atoms with Crippen LogP contribution in [0, 0.1) is 0 Å². The lowest BCUT2D eigenvalue weighted by Gasteiger charge is -2.17. The van der Waals surface area contributed by atoms with Crippen molar-refractivity contribution in [2.75, 3.05) is 18.8 Å². The summed E-state index contributed by atoms with van der Waals surface area (Å²) >= 11 is 0. The van der Waals surface area contributed by atoms with E-state index in [2.05, 4.69) is 15.3 Å². The normalized spacial score (nSPS) is 17.8. The third-order valence-corrected chi connectivity index (χ3v) is 3.90. The molecule has 8 nitrogen and oxygen atoms in total. The molecule has 4 N–H and O–H groups in total. The van der Waals surface area contributed by atoms with Gasteiger partial charge in [-0.1, -0.05) is 6.07 Å². The maximum Gasteiger partial charge on any atom is 0.317 e. The maximum atomic E-state index is 12.3. The van der Waals surface area contributed by atoms with Crippen LogP contribution in [0.15, 0.2) is 24.5 Å². The first kappa shape index (κ1) is 15.2. The second-order valence-electron chi connectivity index (χ2n) is 5.49. The van der Waals surface area contributed by atoms with Gasteiger partial charge in [0.1, 0.15) is 12.1 Å². The monoisotopic (exact) mass is 315 g/mol. The van der Waals surface area contributed by atoms with Crippen LogP contribution < -0.4 is 11.1 Å². The second kappa shape index (κ2) is 6.17. The molecular formula is C15H17N5O3. The number of nitrogens with zero attached hydrogens (tertiary/aromatic N) is 3. The molecule has 1 aliphatic rings. The van der Waals surface area contributed by atoms with Crippen LogP contribution in [0.2, 0.25) is 0 Å². The Morgan fingerprint density at radius 3 is 3.04 bits per heavy atom. The van der Waals surface area contributed by atoms with E-state index in [-0.39, 0.29) is 12.5 Å². The third kappa shape index (κ3) is 3.21. The van der Waals surface area contributed by atoms with Crippen molar-refractivity contribution in [1.82, 2.24) is 20.2 Å². The van der Waals surface area contributed by atoms with Crippen LogP contribution in [-0.2, 0) is 16.1 Å². The molecule has 1 saturated heterocycles. The van der Waals surface area contributed by atoms with Crippen molar-refractivity contribution in [3.05, 3.63) is 30.1 Å². The minimum Gasteiger partial charge on any atom is -0.480 e. The molecule has 1 amide bonds. The van der Waals surface area contributed by atoms with Crippen molar-refractivity contribution in [3.63, 3.8) is 0 Å². The fraction of sp³-hybridized carbons (Fsp3) is 0.333. The van der Waals surface area contributed by atoms with E-state index >= 15 is 0 Å². The average Bonchev–Trinajstić information content (AvgIpc) is 2.86. The van der Waals surface area contributed by atoms with Crippen molar-refractivity contribution in [3.8, 4) is 0 Å². The summed E-state index contributed by atoms with van der Waals surface area (Å²) in [5, 5.41) is 12.2. The van der Waals surface area contributed by atoms with Crippen LogP contribution in [0.25, 0.3) is 10.9 Å². The third-order valence-electron chi connectivity index (χ3n) is 3.90. The number of anilines is 1. The molecule has 1 aromatic heterocycles. The van der Waals surface area contributed by atoms with Gasteiger partial charge in [-0.25, -0.2) is 9.97 Å². The van der Waals surface area contributed by atoms with E-state index in [0.717, 1.165) is 16.5 Å². The van der Waals surface area contributed by atoms with E-state index in [1.807, 2.05) is 18.2 Å². The first-order valence-corrected chi connectivity index (χ1v) is 7.27. The molecule has 0 unspecified atom stereocenters. The highest BCUT2D eigenvalue weighted by atomic mass is 16.4. The van der Waals surface area contributed by atoms with E-state index in [4.69, 9.17) is 10.8 Å². The Hall–Kier alpha value is -2.74. The Morgan fingerprint density at radius 2 is 2.26 bits per heavy atom. The maximum absolute atomic E-state index is 12.3. The lowest BCUT2D eigenvalue weighted by molar-refractivity contribution is -0.136. The number of hydrogen-bond acceptors (Lipinski definition) is 6. The predicted molar refractivity (Wildman–Crippen MR) is 83.4 cm³/mol. The van der Waals surface area contributed by atoms with Gasteiger partial charge in [0, 0.05) is 18.5 Å². The number of nitrogen functional groups attached to an aromatic ring is 1. The standard InChI is InChI=1S/C15H17N5O3/c16-14-10-2-1-9(5-12(10)18-8-19-14)7-20-4-3-11(15(20)23)17-6-13(21)22/h1-2,5,8,11,17H,3-4,6-7H2,(H,21,22)(H2,16,18,19)/t11-/m0/s1. The number of fused-ring (bicyclic) bond motifs is 1. The largest absolute Gasteiger partial charge is 0.480 e. The number of aliphatic carboxylic acids is 1. The SMILES string of the molecule is Nc1ncnc2cc(CN3CC[C@H](NCC(=O)O)C3=O)ccc12. The summed E-state index contributed by atoms with van der Waals surface area (Å²) in [5.74, 6) is -0.617. The van der Waals surface area contributed by atoms with E-state index < -0.39 is 12.0 Å². The Labute approximate surface area is 132 Å². The lowest BCUT2D eigenvalue weighted by atomic mass is 10.1. The number of carbonyl (C=O) groups is 2. The topological polar surface area (TPSA) is 121 Å². The van der Waals surface area contributed by atoms with Crippen LogP contribution in [0.5, 0.6) is 0 Å². The Kier molecular flexibility index (Phi) is 4.07. The molecule has 1 aliphatic heterocycles. The van der Waals surface area contributed by atoms with Gasteiger partial charge in [-0.05, 0) is 24.1 Å². The summed E-state index contributed by atoms with van der Waals surface area (Å²) in [7, 11) is 0. The Morgan fingerprint density at radius 1 is 1.43 bits per heavy atom. The Balaban J connectivity index is 1.70. The molecule has 0 aliphatic carbocycles. The number of carboxylic acid groups (broad SMARTS) is 1. The zero-order chi connectivity index (χ0) is 16.4. The molecule has 1 aromatic carbocycles. The summed E-state index contributed by atoms with van der Waals surface area (Å²) in [5.41, 5.74) is 7.48. The number of hydrogen-bond donors (Lipinski definition) is 3. The van der Waals surface area contributed by atoms with E-state index in [9.17, 15) is 9.59 Å². The molecule has 2 aromatic rings. The highest BCUT2D eigenvalue weighted by molar-refractivity contribution is 5.88. The molecule has 1 fully saturated rings. The summed E-state index contributed by atoms with van der Waals surface area (Å²) in [6.07, 6.45) is 2.02. The second-order valence-corrected chi connectivity index (χ2v) is 5.49. The van der Waals surface area contributed by atoms with Gasteiger partial charge in [0.2, 0.25) is 5.91 Å². The zero-order valence-corrected chi connectivity index (χ0v) is 12.4. The molecule has 3 rings (SSSR count). The minimum absolute atomic E-state index is 0.0754. The minimum atomic E-state index is -0.969. The van der Waals surface area contributed by atoms with Crippen molar-refractivity contribution < 1.29 is 14.7 Å². The fourth-order valence-electron chi connectivity index (χ4n) is 2.74. The number of benzene rings is 1. The van der Waals surface area contributed by atoms with E-state index in [1.165, 1.54) is 6.33 Å². The molecule has 0 radical (unpaired) electrons.